The number of nitrogens with two attached hydrogens (primary N) is 1. The van der Waals surface area contributed by atoms with Crippen LogP contribution in [0.15, 0.2) is 42.5 Å². The molecule has 2 aromatic carbocycles. The van der Waals surface area contributed by atoms with Crippen molar-refractivity contribution in [2.24, 2.45) is 0 Å². The Morgan fingerprint density at radius 3 is 2.04 bits per heavy atom. The van der Waals surface area contributed by atoms with Crippen molar-refractivity contribution in [1.82, 2.24) is 0 Å². The van der Waals surface area contributed by atoms with E-state index in [0.29, 0.717) is 18.8 Å². The fraction of sp³-hybridized carbons (Fsp3) is 0.333. The molecule has 0 aromatic heterocycles. The highest BCUT2D eigenvalue weighted by Gasteiger charge is 2.13. The van der Waals surface area contributed by atoms with Crippen LogP contribution < -0.4 is 15.5 Å². The molecular weight excluding hydrogens is 290 g/mol. The molecule has 5 heteroatoms. The zero-order chi connectivity index (χ0) is 16.8. The number of hydrogen-bond acceptors (Lipinski definition) is 5. The normalized spacial score (nSPS) is 10.6. The van der Waals surface area contributed by atoms with Crippen molar-refractivity contribution >= 4 is 17.1 Å². The number of benzene rings is 2. The van der Waals surface area contributed by atoms with Gasteiger partial charge in [-0.05, 0) is 35.9 Å². The summed E-state index contributed by atoms with van der Waals surface area (Å²) in [5, 5.41) is 18.6. The van der Waals surface area contributed by atoms with Gasteiger partial charge in [0.15, 0.2) is 0 Å². The van der Waals surface area contributed by atoms with Gasteiger partial charge in [0.25, 0.3) is 0 Å². The molecule has 2 rings (SSSR count). The van der Waals surface area contributed by atoms with Gasteiger partial charge in [-0.3, -0.25) is 0 Å². The Morgan fingerprint density at radius 2 is 1.52 bits per heavy atom. The average Bonchev–Trinajstić information content (AvgIpc) is 2.55. The maximum absolute atomic E-state index is 9.28. The fourth-order valence-corrected chi connectivity index (χ4v) is 2.59. The molecule has 0 aliphatic carbocycles. The highest BCUT2D eigenvalue weighted by atomic mass is 16.3. The zero-order valence-electron chi connectivity index (χ0n) is 13.7. The molecule has 0 saturated carbocycles. The summed E-state index contributed by atoms with van der Waals surface area (Å²) in [7, 11) is 4.01. The SMILES string of the molecule is CN(C)c1ccc(-c2cc(N)ccc2N(CCO)CCO)cc1. The Hall–Kier alpha value is -2.24. The maximum atomic E-state index is 9.28. The number of anilines is 3. The van der Waals surface area contributed by atoms with Crippen molar-refractivity contribution in [2.45, 2.75) is 0 Å². The van der Waals surface area contributed by atoms with Crippen LogP contribution in [-0.4, -0.2) is 50.6 Å². The predicted molar refractivity (Wildman–Crippen MR) is 97.0 cm³/mol. The van der Waals surface area contributed by atoms with E-state index in [-0.39, 0.29) is 13.2 Å². The lowest BCUT2D eigenvalue weighted by Gasteiger charge is -2.26. The molecule has 0 atom stereocenters. The first-order valence-electron chi connectivity index (χ1n) is 7.70. The van der Waals surface area contributed by atoms with Gasteiger partial charge in [-0.1, -0.05) is 12.1 Å². The van der Waals surface area contributed by atoms with E-state index in [2.05, 4.69) is 24.3 Å². The highest BCUT2D eigenvalue weighted by Crippen LogP contribution is 2.33. The van der Waals surface area contributed by atoms with E-state index in [4.69, 9.17) is 5.73 Å². The molecule has 4 N–H and O–H groups in total. The van der Waals surface area contributed by atoms with Gasteiger partial charge in [0.05, 0.1) is 13.2 Å². The van der Waals surface area contributed by atoms with E-state index >= 15 is 0 Å². The first-order valence-corrected chi connectivity index (χ1v) is 7.70. The highest BCUT2D eigenvalue weighted by molar-refractivity contribution is 5.82. The van der Waals surface area contributed by atoms with E-state index < -0.39 is 0 Å². The number of rotatable bonds is 7. The minimum Gasteiger partial charge on any atom is -0.399 e. The quantitative estimate of drug-likeness (QED) is 0.680. The number of nitrogen functional groups attached to an aromatic ring is 1. The van der Waals surface area contributed by atoms with E-state index in [0.717, 1.165) is 22.5 Å². The minimum absolute atomic E-state index is 0.0311. The van der Waals surface area contributed by atoms with Crippen LogP contribution in [0, 0.1) is 0 Å². The first-order chi connectivity index (χ1) is 11.1. The molecule has 0 aliphatic rings. The zero-order valence-corrected chi connectivity index (χ0v) is 13.7. The lowest BCUT2D eigenvalue weighted by Crippen LogP contribution is -2.30. The van der Waals surface area contributed by atoms with Crippen LogP contribution in [0.25, 0.3) is 11.1 Å². The second-order valence-electron chi connectivity index (χ2n) is 5.65. The lowest BCUT2D eigenvalue weighted by molar-refractivity contribution is 0.281. The van der Waals surface area contributed by atoms with Gasteiger partial charge in [-0.25, -0.2) is 0 Å². The van der Waals surface area contributed by atoms with Crippen molar-refractivity contribution in [3.05, 3.63) is 42.5 Å². The third kappa shape index (κ3) is 4.15. The third-order valence-electron chi connectivity index (χ3n) is 3.80. The number of nitrogens with zero attached hydrogens (tertiary/aromatic N) is 2. The van der Waals surface area contributed by atoms with Crippen molar-refractivity contribution in [2.75, 3.05) is 55.9 Å². The molecular formula is C18H25N3O2. The van der Waals surface area contributed by atoms with Gasteiger partial charge >= 0.3 is 0 Å². The topological polar surface area (TPSA) is 73.0 Å². The predicted octanol–water partition coefficient (Wildman–Crippen LogP) is 1.79. The molecule has 0 saturated heterocycles. The first kappa shape index (κ1) is 17.1. The van der Waals surface area contributed by atoms with Crippen LogP contribution >= 0.6 is 0 Å². The van der Waals surface area contributed by atoms with Crippen LogP contribution in [0.1, 0.15) is 0 Å². The lowest BCUT2D eigenvalue weighted by atomic mass is 10.0. The van der Waals surface area contributed by atoms with Crippen LogP contribution in [0.5, 0.6) is 0 Å². The smallest absolute Gasteiger partial charge is 0.0606 e. The molecule has 0 fully saturated rings. The van der Waals surface area contributed by atoms with Crippen LogP contribution in [0.4, 0.5) is 17.1 Å². The van der Waals surface area contributed by atoms with Gasteiger partial charge in [-0.2, -0.15) is 0 Å². The van der Waals surface area contributed by atoms with Crippen LogP contribution in [-0.2, 0) is 0 Å². The van der Waals surface area contributed by atoms with Crippen molar-refractivity contribution in [3.63, 3.8) is 0 Å². The maximum Gasteiger partial charge on any atom is 0.0606 e. The summed E-state index contributed by atoms with van der Waals surface area (Å²) >= 11 is 0. The summed E-state index contributed by atoms with van der Waals surface area (Å²) in [6.45, 7) is 0.993. The molecule has 5 nitrogen and oxygen atoms in total. The van der Waals surface area contributed by atoms with E-state index in [1.165, 1.54) is 0 Å². The van der Waals surface area contributed by atoms with E-state index in [1.54, 1.807) is 0 Å². The summed E-state index contributed by atoms with van der Waals surface area (Å²) < 4.78 is 0. The van der Waals surface area contributed by atoms with Gasteiger partial charge in [0.1, 0.15) is 0 Å². The Labute approximate surface area is 137 Å². The summed E-state index contributed by atoms with van der Waals surface area (Å²) in [5.74, 6) is 0. The van der Waals surface area contributed by atoms with Crippen LogP contribution in [0.2, 0.25) is 0 Å². The van der Waals surface area contributed by atoms with E-state index in [1.807, 2.05) is 42.1 Å². The molecule has 0 spiro atoms. The van der Waals surface area contributed by atoms with Crippen LogP contribution in [0.3, 0.4) is 0 Å². The number of aliphatic hydroxyl groups excluding tert-OH is 2. The molecule has 124 valence electrons. The number of aliphatic hydroxyl groups is 2. The summed E-state index contributed by atoms with van der Waals surface area (Å²) in [6.07, 6.45) is 0. The second kappa shape index (κ2) is 7.85. The second-order valence-corrected chi connectivity index (χ2v) is 5.65. The molecule has 0 amide bonds. The molecule has 0 heterocycles. The molecule has 0 aliphatic heterocycles. The van der Waals surface area contributed by atoms with Gasteiger partial charge in [-0.15, -0.1) is 0 Å². The number of hydrogen-bond donors (Lipinski definition) is 3. The van der Waals surface area contributed by atoms with Crippen molar-refractivity contribution in [1.29, 1.82) is 0 Å². The van der Waals surface area contributed by atoms with Crippen molar-refractivity contribution < 1.29 is 10.2 Å². The Bertz CT molecular complexity index is 621. The largest absolute Gasteiger partial charge is 0.399 e. The summed E-state index contributed by atoms with van der Waals surface area (Å²) in [5.41, 5.74) is 10.8. The van der Waals surface area contributed by atoms with Gasteiger partial charge in [0.2, 0.25) is 0 Å². The Balaban J connectivity index is 2.45. The molecule has 23 heavy (non-hydrogen) atoms. The molecule has 0 radical (unpaired) electrons. The van der Waals surface area contributed by atoms with Gasteiger partial charge < -0.3 is 25.7 Å². The Morgan fingerprint density at radius 1 is 0.913 bits per heavy atom. The fourth-order valence-electron chi connectivity index (χ4n) is 2.59. The summed E-state index contributed by atoms with van der Waals surface area (Å²) in [6, 6.07) is 14.0. The molecule has 0 bridgehead atoms. The average molecular weight is 315 g/mol. The standard InChI is InChI=1S/C18H25N3O2/c1-20(2)16-6-3-14(4-7-16)17-13-15(19)5-8-18(17)21(9-11-22)10-12-23/h3-8,13,22-23H,9-12,19H2,1-2H3. The van der Waals surface area contributed by atoms with Gasteiger partial charge in [0, 0.05) is 49.8 Å². The Kier molecular flexibility index (Phi) is 5.84. The summed E-state index contributed by atoms with van der Waals surface area (Å²) in [4.78, 5) is 4.02. The monoisotopic (exact) mass is 315 g/mol. The molecule has 2 aromatic rings. The van der Waals surface area contributed by atoms with Crippen molar-refractivity contribution in [3.8, 4) is 11.1 Å². The third-order valence-corrected chi connectivity index (χ3v) is 3.80. The minimum atomic E-state index is 0.0311. The van der Waals surface area contributed by atoms with E-state index in [9.17, 15) is 10.2 Å². The molecule has 0 unspecified atom stereocenters.